The molecule has 3 nitrogen and oxygen atoms in total. The van der Waals surface area contributed by atoms with Crippen molar-refractivity contribution in [1.29, 1.82) is 0 Å². The third-order valence-corrected chi connectivity index (χ3v) is 3.89. The van der Waals surface area contributed by atoms with Crippen molar-refractivity contribution >= 4 is 21.6 Å². The van der Waals surface area contributed by atoms with Gasteiger partial charge in [0.2, 0.25) is 0 Å². The van der Waals surface area contributed by atoms with E-state index in [1.807, 2.05) is 6.92 Å². The van der Waals surface area contributed by atoms with Gasteiger partial charge in [-0.25, -0.2) is 0 Å². The topological polar surface area (TPSA) is 38.5 Å². The molecule has 0 saturated carbocycles. The second-order valence-electron chi connectivity index (χ2n) is 5.16. The van der Waals surface area contributed by atoms with Crippen LogP contribution in [0.2, 0.25) is 0 Å². The van der Waals surface area contributed by atoms with Crippen molar-refractivity contribution in [2.24, 2.45) is 5.73 Å². The summed E-state index contributed by atoms with van der Waals surface area (Å²) < 4.78 is 6.87. The van der Waals surface area contributed by atoms with Gasteiger partial charge in [0, 0.05) is 23.6 Å². The molecular formula is C14H21BrN2O. The van der Waals surface area contributed by atoms with Gasteiger partial charge < -0.3 is 15.4 Å². The van der Waals surface area contributed by atoms with E-state index in [9.17, 15) is 0 Å². The molecule has 0 aromatic heterocycles. The van der Waals surface area contributed by atoms with Gasteiger partial charge in [-0.05, 0) is 54.4 Å². The molecule has 1 aromatic carbocycles. The first-order chi connectivity index (χ1) is 8.47. The first kappa shape index (κ1) is 13.8. The molecule has 0 aliphatic carbocycles. The van der Waals surface area contributed by atoms with Gasteiger partial charge in [-0.15, -0.1) is 0 Å². The minimum Gasteiger partial charge on any atom is -0.372 e. The van der Waals surface area contributed by atoms with E-state index in [1.54, 1.807) is 0 Å². The highest BCUT2D eigenvalue weighted by Crippen LogP contribution is 2.30. The second-order valence-corrected chi connectivity index (χ2v) is 6.02. The Kier molecular flexibility index (Phi) is 4.30. The Morgan fingerprint density at radius 3 is 2.44 bits per heavy atom. The summed E-state index contributed by atoms with van der Waals surface area (Å²) in [6.07, 6.45) is 0.544. The third kappa shape index (κ3) is 3.05. The fourth-order valence-corrected chi connectivity index (χ4v) is 3.08. The van der Waals surface area contributed by atoms with Crippen LogP contribution in [-0.4, -0.2) is 25.3 Å². The molecule has 2 N–H and O–H groups in total. The van der Waals surface area contributed by atoms with E-state index >= 15 is 0 Å². The van der Waals surface area contributed by atoms with Crippen molar-refractivity contribution in [3.63, 3.8) is 0 Å². The Bertz CT molecular complexity index is 412. The van der Waals surface area contributed by atoms with Gasteiger partial charge in [-0.3, -0.25) is 0 Å². The average Bonchev–Trinajstić information content (AvgIpc) is 2.27. The summed E-state index contributed by atoms with van der Waals surface area (Å²) in [5.74, 6) is 0. The van der Waals surface area contributed by atoms with Crippen molar-refractivity contribution in [1.82, 2.24) is 0 Å². The van der Waals surface area contributed by atoms with Crippen LogP contribution in [0.1, 0.15) is 32.4 Å². The van der Waals surface area contributed by atoms with Gasteiger partial charge in [-0.2, -0.15) is 0 Å². The minimum absolute atomic E-state index is 0.0675. The predicted molar refractivity (Wildman–Crippen MR) is 79.0 cm³/mol. The highest BCUT2D eigenvalue weighted by molar-refractivity contribution is 9.10. The Balaban J connectivity index is 2.22. The highest BCUT2D eigenvalue weighted by atomic mass is 79.9. The molecular weight excluding hydrogens is 292 g/mol. The molecule has 1 heterocycles. The average molecular weight is 313 g/mol. The van der Waals surface area contributed by atoms with Crippen LogP contribution in [0.25, 0.3) is 0 Å². The van der Waals surface area contributed by atoms with Crippen LogP contribution in [0, 0.1) is 0 Å². The van der Waals surface area contributed by atoms with Crippen LogP contribution >= 0.6 is 15.9 Å². The Morgan fingerprint density at radius 1 is 1.33 bits per heavy atom. The first-order valence-electron chi connectivity index (χ1n) is 6.43. The molecule has 2 rings (SSSR count). The van der Waals surface area contributed by atoms with Crippen LogP contribution in [0.4, 0.5) is 5.69 Å². The van der Waals surface area contributed by atoms with Gasteiger partial charge in [0.25, 0.3) is 0 Å². The van der Waals surface area contributed by atoms with E-state index < -0.39 is 0 Å². The number of rotatable bonds is 2. The van der Waals surface area contributed by atoms with E-state index in [1.165, 1.54) is 5.69 Å². The van der Waals surface area contributed by atoms with E-state index in [-0.39, 0.29) is 18.2 Å². The first-order valence-corrected chi connectivity index (χ1v) is 7.22. The summed E-state index contributed by atoms with van der Waals surface area (Å²) in [5.41, 5.74) is 8.28. The number of hydrogen-bond donors (Lipinski definition) is 1. The predicted octanol–water partition coefficient (Wildman–Crippen LogP) is 3.08. The zero-order valence-corrected chi connectivity index (χ0v) is 12.8. The van der Waals surface area contributed by atoms with Gasteiger partial charge >= 0.3 is 0 Å². The lowest BCUT2D eigenvalue weighted by Gasteiger charge is -2.37. The number of anilines is 1. The molecule has 4 heteroatoms. The summed E-state index contributed by atoms with van der Waals surface area (Å²) in [4.78, 5) is 2.37. The Labute approximate surface area is 117 Å². The van der Waals surface area contributed by atoms with Crippen LogP contribution < -0.4 is 10.6 Å². The molecule has 18 heavy (non-hydrogen) atoms. The summed E-state index contributed by atoms with van der Waals surface area (Å²) in [6, 6.07) is 6.44. The maximum absolute atomic E-state index is 5.90. The molecule has 1 aromatic rings. The molecule has 1 fully saturated rings. The number of hydrogen-bond acceptors (Lipinski definition) is 3. The molecule has 0 radical (unpaired) electrons. The zero-order valence-electron chi connectivity index (χ0n) is 11.2. The lowest BCUT2D eigenvalue weighted by molar-refractivity contribution is -0.00525. The quantitative estimate of drug-likeness (QED) is 0.912. The Morgan fingerprint density at radius 2 is 1.94 bits per heavy atom. The lowest BCUT2D eigenvalue weighted by atomic mass is 10.1. The standard InChI is InChI=1S/C14H21BrN2O/c1-9-7-17(8-10(2)18-9)14-5-4-12(11(3)16)6-13(14)15/h4-6,9-11H,7-8,16H2,1-3H3/t9-,10+,11-/m0/s1. The lowest BCUT2D eigenvalue weighted by Crippen LogP contribution is -2.45. The molecule has 0 unspecified atom stereocenters. The number of nitrogens with zero attached hydrogens (tertiary/aromatic N) is 1. The Hall–Kier alpha value is -0.580. The number of morpholine rings is 1. The normalized spacial score (nSPS) is 26.2. The number of ether oxygens (including phenoxy) is 1. The molecule has 100 valence electrons. The van der Waals surface area contributed by atoms with Crippen molar-refractivity contribution in [3.8, 4) is 0 Å². The highest BCUT2D eigenvalue weighted by Gasteiger charge is 2.23. The maximum Gasteiger partial charge on any atom is 0.0726 e. The number of benzene rings is 1. The maximum atomic E-state index is 5.90. The molecule has 3 atom stereocenters. The third-order valence-electron chi connectivity index (χ3n) is 3.26. The fraction of sp³-hybridized carbons (Fsp3) is 0.571. The van der Waals surface area contributed by atoms with E-state index in [0.717, 1.165) is 23.1 Å². The molecule has 1 aliphatic rings. The van der Waals surface area contributed by atoms with Gasteiger partial charge in [0.05, 0.1) is 17.9 Å². The van der Waals surface area contributed by atoms with Gasteiger partial charge in [-0.1, -0.05) is 6.07 Å². The van der Waals surface area contributed by atoms with Crippen molar-refractivity contribution < 1.29 is 4.74 Å². The van der Waals surface area contributed by atoms with Crippen molar-refractivity contribution in [2.45, 2.75) is 39.0 Å². The van der Waals surface area contributed by atoms with Crippen LogP contribution in [0.5, 0.6) is 0 Å². The molecule has 0 spiro atoms. The summed E-state index contributed by atoms with van der Waals surface area (Å²) in [6.45, 7) is 8.10. The summed E-state index contributed by atoms with van der Waals surface area (Å²) >= 11 is 3.65. The van der Waals surface area contributed by atoms with E-state index in [2.05, 4.69) is 52.9 Å². The zero-order chi connectivity index (χ0) is 13.3. The van der Waals surface area contributed by atoms with Crippen LogP contribution in [-0.2, 0) is 4.74 Å². The van der Waals surface area contributed by atoms with Gasteiger partial charge in [0.1, 0.15) is 0 Å². The molecule has 0 bridgehead atoms. The SMILES string of the molecule is C[C@@H]1CN(c2ccc([C@H](C)N)cc2Br)C[C@H](C)O1. The minimum atomic E-state index is 0.0675. The van der Waals surface area contributed by atoms with Crippen LogP contribution in [0.3, 0.4) is 0 Å². The van der Waals surface area contributed by atoms with E-state index in [0.29, 0.717) is 0 Å². The number of halogens is 1. The van der Waals surface area contributed by atoms with E-state index in [4.69, 9.17) is 10.5 Å². The molecule has 1 saturated heterocycles. The van der Waals surface area contributed by atoms with Crippen molar-refractivity contribution in [2.75, 3.05) is 18.0 Å². The van der Waals surface area contributed by atoms with Crippen LogP contribution in [0.15, 0.2) is 22.7 Å². The molecule has 0 amide bonds. The monoisotopic (exact) mass is 312 g/mol. The smallest absolute Gasteiger partial charge is 0.0726 e. The fourth-order valence-electron chi connectivity index (χ4n) is 2.44. The number of nitrogens with two attached hydrogens (primary N) is 1. The van der Waals surface area contributed by atoms with Gasteiger partial charge in [0.15, 0.2) is 0 Å². The van der Waals surface area contributed by atoms with Crippen molar-refractivity contribution in [3.05, 3.63) is 28.2 Å². The second kappa shape index (κ2) is 5.59. The largest absolute Gasteiger partial charge is 0.372 e. The summed E-state index contributed by atoms with van der Waals surface area (Å²) in [7, 11) is 0. The summed E-state index contributed by atoms with van der Waals surface area (Å²) in [5, 5.41) is 0. The molecule has 1 aliphatic heterocycles.